The van der Waals surface area contributed by atoms with Crippen LogP contribution in [-0.4, -0.2) is 50.3 Å². The van der Waals surface area contributed by atoms with E-state index in [1.807, 2.05) is 7.11 Å². The van der Waals surface area contributed by atoms with E-state index in [-0.39, 0.29) is 0 Å². The maximum atomic E-state index is 5.40. The molecule has 21 heavy (non-hydrogen) atoms. The molecular weight excluding hydrogens is 260 g/mol. The average Bonchev–Trinajstić information content (AvgIpc) is 2.48. The Morgan fingerprint density at radius 3 is 2.43 bits per heavy atom. The van der Waals surface area contributed by atoms with Gasteiger partial charge in [-0.1, -0.05) is 34.1 Å². The molecule has 4 atom stereocenters. The Kier molecular flexibility index (Phi) is 7.66. The fraction of sp³-hybridized carbons (Fsp3) is 1.00. The van der Waals surface area contributed by atoms with Crippen LogP contribution in [0, 0.1) is 11.3 Å². The molecule has 1 aliphatic carbocycles. The van der Waals surface area contributed by atoms with Crippen LogP contribution in [0.15, 0.2) is 0 Å². The summed E-state index contributed by atoms with van der Waals surface area (Å²) in [6.07, 6.45) is 5.24. The van der Waals surface area contributed by atoms with Crippen LogP contribution < -0.4 is 5.32 Å². The molecule has 3 nitrogen and oxygen atoms in total. The summed E-state index contributed by atoms with van der Waals surface area (Å²) in [5.41, 5.74) is 0.459. The molecule has 0 spiro atoms. The third-order valence-electron chi connectivity index (χ3n) is 5.97. The summed E-state index contributed by atoms with van der Waals surface area (Å²) >= 11 is 0. The average molecular weight is 299 g/mol. The van der Waals surface area contributed by atoms with Crippen LogP contribution in [-0.2, 0) is 4.74 Å². The Morgan fingerprint density at radius 2 is 1.95 bits per heavy atom. The number of hydrogen-bond donors (Lipinski definition) is 1. The van der Waals surface area contributed by atoms with Gasteiger partial charge in [-0.2, -0.15) is 0 Å². The minimum atomic E-state index is 0.459. The Bertz CT molecular complexity index is 293. The summed E-state index contributed by atoms with van der Waals surface area (Å²) in [5, 5.41) is 3.57. The van der Waals surface area contributed by atoms with E-state index in [9.17, 15) is 0 Å². The van der Waals surface area contributed by atoms with Gasteiger partial charge < -0.3 is 10.1 Å². The molecule has 4 unspecified atom stereocenters. The van der Waals surface area contributed by atoms with Gasteiger partial charge in [0.15, 0.2) is 0 Å². The van der Waals surface area contributed by atoms with Crippen molar-refractivity contribution in [3.05, 3.63) is 0 Å². The molecule has 1 aliphatic rings. The molecule has 0 aromatic rings. The van der Waals surface area contributed by atoms with Gasteiger partial charge in [0.2, 0.25) is 0 Å². The van der Waals surface area contributed by atoms with Crippen LogP contribution in [0.2, 0.25) is 0 Å². The van der Waals surface area contributed by atoms with Crippen molar-refractivity contribution in [1.29, 1.82) is 0 Å². The monoisotopic (exact) mass is 298 g/mol. The summed E-state index contributed by atoms with van der Waals surface area (Å²) in [4.78, 5) is 2.66. The molecule has 126 valence electrons. The van der Waals surface area contributed by atoms with Crippen molar-refractivity contribution in [1.82, 2.24) is 10.2 Å². The van der Waals surface area contributed by atoms with Crippen molar-refractivity contribution in [2.24, 2.45) is 11.3 Å². The van der Waals surface area contributed by atoms with Crippen LogP contribution in [0.25, 0.3) is 0 Å². The molecule has 0 aromatic heterocycles. The van der Waals surface area contributed by atoms with Gasteiger partial charge in [-0.15, -0.1) is 0 Å². The predicted octanol–water partition coefficient (Wildman–Crippen LogP) is 3.54. The van der Waals surface area contributed by atoms with Gasteiger partial charge >= 0.3 is 0 Å². The highest BCUT2D eigenvalue weighted by Crippen LogP contribution is 2.42. The zero-order valence-corrected chi connectivity index (χ0v) is 15.4. The van der Waals surface area contributed by atoms with Crippen LogP contribution in [0.1, 0.15) is 60.3 Å². The fourth-order valence-electron chi connectivity index (χ4n) is 4.06. The number of rotatable bonds is 8. The first-order chi connectivity index (χ1) is 9.91. The number of nitrogens with zero attached hydrogens (tertiary/aromatic N) is 1. The first-order valence-corrected chi connectivity index (χ1v) is 8.83. The van der Waals surface area contributed by atoms with Crippen LogP contribution in [0.4, 0.5) is 0 Å². The molecule has 1 N–H and O–H groups in total. The van der Waals surface area contributed by atoms with E-state index >= 15 is 0 Å². The van der Waals surface area contributed by atoms with Gasteiger partial charge in [-0.3, -0.25) is 4.90 Å². The number of nitrogens with one attached hydrogen (secondary N) is 1. The van der Waals surface area contributed by atoms with E-state index in [1.165, 1.54) is 25.7 Å². The second kappa shape index (κ2) is 8.50. The van der Waals surface area contributed by atoms with Gasteiger partial charge in [-0.25, -0.2) is 0 Å². The predicted molar refractivity (Wildman–Crippen MR) is 91.8 cm³/mol. The molecule has 0 amide bonds. The maximum absolute atomic E-state index is 5.40. The van der Waals surface area contributed by atoms with E-state index in [0.29, 0.717) is 23.5 Å². The van der Waals surface area contributed by atoms with E-state index < -0.39 is 0 Å². The number of likely N-dealkylation sites (N-methyl/N-ethyl adjacent to an activating group) is 2. The molecule has 1 rings (SSSR count). The third-order valence-corrected chi connectivity index (χ3v) is 5.97. The lowest BCUT2D eigenvalue weighted by molar-refractivity contribution is 0.0126. The van der Waals surface area contributed by atoms with Gasteiger partial charge in [0.05, 0.1) is 6.61 Å². The summed E-state index contributed by atoms with van der Waals surface area (Å²) in [6.45, 7) is 13.7. The maximum Gasteiger partial charge on any atom is 0.0615 e. The second-order valence-corrected chi connectivity index (χ2v) is 7.45. The van der Waals surface area contributed by atoms with Crippen molar-refractivity contribution in [3.8, 4) is 0 Å². The third kappa shape index (κ3) is 4.67. The number of hydrogen-bond acceptors (Lipinski definition) is 3. The molecule has 0 bridgehead atoms. The van der Waals surface area contributed by atoms with Crippen molar-refractivity contribution < 1.29 is 4.74 Å². The molecule has 0 radical (unpaired) electrons. The Morgan fingerprint density at radius 1 is 1.29 bits per heavy atom. The first-order valence-electron chi connectivity index (χ1n) is 8.83. The van der Waals surface area contributed by atoms with Gasteiger partial charge in [-0.05, 0) is 51.1 Å². The molecule has 0 saturated heterocycles. The normalized spacial score (nSPS) is 28.9. The van der Waals surface area contributed by atoms with E-state index in [4.69, 9.17) is 4.74 Å². The van der Waals surface area contributed by atoms with Crippen LogP contribution in [0.3, 0.4) is 0 Å². The summed E-state index contributed by atoms with van der Waals surface area (Å²) in [7, 11) is 3.93. The zero-order chi connectivity index (χ0) is 16.0. The van der Waals surface area contributed by atoms with Gasteiger partial charge in [0.25, 0.3) is 0 Å². The van der Waals surface area contributed by atoms with Crippen molar-refractivity contribution in [2.75, 3.05) is 27.3 Å². The van der Waals surface area contributed by atoms with E-state index in [0.717, 1.165) is 19.1 Å². The topological polar surface area (TPSA) is 24.5 Å². The second-order valence-electron chi connectivity index (χ2n) is 7.45. The highest BCUT2D eigenvalue weighted by atomic mass is 16.5. The molecular formula is C18H38N2O. The zero-order valence-electron chi connectivity index (χ0n) is 15.4. The lowest BCUT2D eigenvalue weighted by atomic mass is 9.67. The fourth-order valence-corrected chi connectivity index (χ4v) is 4.06. The largest absolute Gasteiger partial charge is 0.383 e. The molecule has 1 fully saturated rings. The quantitative estimate of drug-likeness (QED) is 0.742. The molecule has 3 heteroatoms. The minimum Gasteiger partial charge on any atom is -0.383 e. The molecule has 1 saturated carbocycles. The lowest BCUT2D eigenvalue weighted by Crippen LogP contribution is -2.56. The minimum absolute atomic E-state index is 0.459. The smallest absolute Gasteiger partial charge is 0.0615 e. The van der Waals surface area contributed by atoms with Crippen LogP contribution >= 0.6 is 0 Å². The Labute approximate surface area is 132 Å². The van der Waals surface area contributed by atoms with Crippen molar-refractivity contribution in [3.63, 3.8) is 0 Å². The van der Waals surface area contributed by atoms with Crippen molar-refractivity contribution >= 4 is 0 Å². The van der Waals surface area contributed by atoms with E-state index in [1.54, 1.807) is 0 Å². The summed E-state index contributed by atoms with van der Waals surface area (Å²) in [6, 6.07) is 1.74. The van der Waals surface area contributed by atoms with Crippen molar-refractivity contribution in [2.45, 2.75) is 78.4 Å². The van der Waals surface area contributed by atoms with Gasteiger partial charge in [0.1, 0.15) is 0 Å². The number of methoxy groups -OCH3 is 1. The Hall–Kier alpha value is -0.120. The molecule has 0 heterocycles. The summed E-state index contributed by atoms with van der Waals surface area (Å²) < 4.78 is 5.40. The van der Waals surface area contributed by atoms with Crippen LogP contribution in [0.5, 0.6) is 0 Å². The highest BCUT2D eigenvalue weighted by molar-refractivity contribution is 4.95. The van der Waals surface area contributed by atoms with Gasteiger partial charge in [0, 0.05) is 25.2 Å². The standard InChI is InChI=1S/C18H38N2O/c1-8-18(4,5)15-10-11-16(19-6)17(12-15)20(9-2)14(3)13-21-7/h14-17,19H,8-13H2,1-7H3. The first kappa shape index (κ1) is 18.9. The highest BCUT2D eigenvalue weighted by Gasteiger charge is 2.39. The number of ether oxygens (including phenoxy) is 1. The van der Waals surface area contributed by atoms with E-state index in [2.05, 4.69) is 51.9 Å². The summed E-state index contributed by atoms with van der Waals surface area (Å²) in [5.74, 6) is 0.834. The molecule has 0 aliphatic heterocycles. The molecule has 0 aromatic carbocycles. The SMILES string of the molecule is CCN(C(C)COC)C1CC(C(C)(C)CC)CCC1NC. The Balaban J connectivity index is 2.86. The lowest BCUT2D eigenvalue weighted by Gasteiger charge is -2.48.